The molecule has 0 bridgehead atoms. The van der Waals surface area contributed by atoms with Crippen LogP contribution in [-0.2, 0) is 13.0 Å². The lowest BCUT2D eigenvalue weighted by Gasteiger charge is -2.29. The summed E-state index contributed by atoms with van der Waals surface area (Å²) < 4.78 is 0. The number of carbonyl (C=O) groups excluding carboxylic acids is 1. The van der Waals surface area contributed by atoms with E-state index in [1.165, 1.54) is 0 Å². The zero-order valence-electron chi connectivity index (χ0n) is 11.5. The Morgan fingerprint density at radius 3 is 2.43 bits per heavy atom. The molecule has 4 nitrogen and oxygen atoms in total. The average molecular weight is 281 g/mol. The van der Waals surface area contributed by atoms with Gasteiger partial charge in [0.1, 0.15) is 0 Å². The highest BCUT2D eigenvalue weighted by Gasteiger charge is 2.22. The molecule has 0 unspecified atom stereocenters. The fraction of sp³-hybridized carbons (Fsp3) is 0.176. The van der Waals surface area contributed by atoms with Gasteiger partial charge in [-0.25, -0.2) is 4.79 Å². The summed E-state index contributed by atoms with van der Waals surface area (Å²) in [6.45, 7) is 1.12. The van der Waals surface area contributed by atoms with Crippen LogP contribution in [0.5, 0.6) is 0 Å². The van der Waals surface area contributed by atoms with E-state index in [1.807, 2.05) is 24.3 Å². The van der Waals surface area contributed by atoms with Crippen LogP contribution in [0, 0.1) is 0 Å². The fourth-order valence-electron chi connectivity index (χ4n) is 2.63. The van der Waals surface area contributed by atoms with Gasteiger partial charge in [-0.15, -0.1) is 0 Å². The molecule has 1 amide bonds. The first-order valence-corrected chi connectivity index (χ1v) is 6.84. The van der Waals surface area contributed by atoms with E-state index in [2.05, 4.69) is 0 Å². The predicted octanol–water partition coefficient (Wildman–Crippen LogP) is 2.58. The molecule has 106 valence electrons. The van der Waals surface area contributed by atoms with E-state index in [-0.39, 0.29) is 11.5 Å². The first-order valence-electron chi connectivity index (χ1n) is 6.84. The van der Waals surface area contributed by atoms with Crippen LogP contribution in [-0.4, -0.2) is 28.4 Å². The molecule has 0 aliphatic carbocycles. The second kappa shape index (κ2) is 5.40. The van der Waals surface area contributed by atoms with Gasteiger partial charge in [-0.05, 0) is 41.8 Å². The SMILES string of the molecule is O=C(O)c1ccc2c(c1)CN(C(=O)c1ccccc1)CC2. The predicted molar refractivity (Wildman–Crippen MR) is 78.3 cm³/mol. The molecule has 0 spiro atoms. The molecule has 1 N–H and O–H groups in total. The number of amides is 1. The summed E-state index contributed by atoms with van der Waals surface area (Å²) in [6.07, 6.45) is 0.758. The van der Waals surface area contributed by atoms with Gasteiger partial charge in [0.15, 0.2) is 0 Å². The van der Waals surface area contributed by atoms with Crippen molar-refractivity contribution in [3.05, 3.63) is 70.8 Å². The van der Waals surface area contributed by atoms with Gasteiger partial charge >= 0.3 is 5.97 Å². The molecular weight excluding hydrogens is 266 g/mol. The van der Waals surface area contributed by atoms with E-state index < -0.39 is 5.97 Å². The molecule has 0 saturated carbocycles. The Labute approximate surface area is 122 Å². The second-order valence-electron chi connectivity index (χ2n) is 5.13. The Hall–Kier alpha value is -2.62. The molecule has 0 fully saturated rings. The third kappa shape index (κ3) is 2.65. The highest BCUT2D eigenvalue weighted by atomic mass is 16.4. The van der Waals surface area contributed by atoms with E-state index in [4.69, 9.17) is 5.11 Å². The Morgan fingerprint density at radius 2 is 1.71 bits per heavy atom. The lowest BCUT2D eigenvalue weighted by Crippen LogP contribution is -2.36. The van der Waals surface area contributed by atoms with E-state index in [9.17, 15) is 9.59 Å². The minimum atomic E-state index is -0.940. The molecule has 2 aromatic rings. The molecule has 1 aliphatic rings. The summed E-state index contributed by atoms with van der Waals surface area (Å²) in [7, 11) is 0. The number of carboxylic acid groups (broad SMARTS) is 1. The van der Waals surface area contributed by atoms with Crippen molar-refractivity contribution < 1.29 is 14.7 Å². The summed E-state index contributed by atoms with van der Waals surface area (Å²) in [4.78, 5) is 25.2. The molecule has 0 saturated heterocycles. The van der Waals surface area contributed by atoms with Crippen LogP contribution < -0.4 is 0 Å². The minimum absolute atomic E-state index is 0.0121. The Bertz CT molecular complexity index is 694. The van der Waals surface area contributed by atoms with Crippen molar-refractivity contribution in [3.8, 4) is 0 Å². The molecule has 2 aromatic carbocycles. The van der Waals surface area contributed by atoms with Crippen molar-refractivity contribution >= 4 is 11.9 Å². The number of hydrogen-bond donors (Lipinski definition) is 1. The Kier molecular flexibility index (Phi) is 3.44. The number of carboxylic acids is 1. The van der Waals surface area contributed by atoms with Crippen molar-refractivity contribution in [1.82, 2.24) is 4.90 Å². The van der Waals surface area contributed by atoms with Gasteiger partial charge in [0, 0.05) is 18.7 Å². The molecular formula is C17H15NO3. The Morgan fingerprint density at radius 1 is 0.952 bits per heavy atom. The maximum atomic E-state index is 12.4. The summed E-state index contributed by atoms with van der Waals surface area (Å²) in [6, 6.07) is 14.3. The zero-order valence-corrected chi connectivity index (χ0v) is 11.5. The third-order valence-corrected chi connectivity index (χ3v) is 3.77. The molecule has 1 aliphatic heterocycles. The van der Waals surface area contributed by atoms with Crippen molar-refractivity contribution in [2.45, 2.75) is 13.0 Å². The Balaban J connectivity index is 1.85. The van der Waals surface area contributed by atoms with Crippen LogP contribution in [0.1, 0.15) is 31.8 Å². The minimum Gasteiger partial charge on any atom is -0.478 e. The summed E-state index contributed by atoms with van der Waals surface area (Å²) >= 11 is 0. The summed E-state index contributed by atoms with van der Waals surface area (Å²) in [5.41, 5.74) is 2.97. The number of benzene rings is 2. The molecule has 21 heavy (non-hydrogen) atoms. The molecule has 0 aromatic heterocycles. The fourth-order valence-corrected chi connectivity index (χ4v) is 2.63. The van der Waals surface area contributed by atoms with Crippen molar-refractivity contribution in [2.24, 2.45) is 0 Å². The maximum absolute atomic E-state index is 12.4. The summed E-state index contributed by atoms with van der Waals surface area (Å²) in [5.74, 6) is -0.953. The average Bonchev–Trinajstić information content (AvgIpc) is 2.54. The molecule has 1 heterocycles. The van der Waals surface area contributed by atoms with Gasteiger partial charge in [-0.1, -0.05) is 24.3 Å². The standard InChI is InChI=1S/C17H15NO3/c19-16(13-4-2-1-3-5-13)18-9-8-12-6-7-14(17(20)21)10-15(12)11-18/h1-7,10H,8-9,11H2,(H,20,21). The number of carbonyl (C=O) groups is 2. The first-order chi connectivity index (χ1) is 10.1. The molecule has 4 heteroatoms. The van der Waals surface area contributed by atoms with Gasteiger partial charge in [-0.2, -0.15) is 0 Å². The van der Waals surface area contributed by atoms with Gasteiger partial charge < -0.3 is 10.0 Å². The number of rotatable bonds is 2. The van der Waals surface area contributed by atoms with E-state index in [1.54, 1.807) is 29.2 Å². The largest absolute Gasteiger partial charge is 0.478 e. The molecule has 0 radical (unpaired) electrons. The quantitative estimate of drug-likeness (QED) is 0.920. The lowest BCUT2D eigenvalue weighted by molar-refractivity contribution is 0.0696. The monoisotopic (exact) mass is 281 g/mol. The van der Waals surface area contributed by atoms with Crippen molar-refractivity contribution in [3.63, 3.8) is 0 Å². The van der Waals surface area contributed by atoms with Crippen molar-refractivity contribution in [1.29, 1.82) is 0 Å². The van der Waals surface area contributed by atoms with Crippen LogP contribution in [0.15, 0.2) is 48.5 Å². The molecule has 3 rings (SSSR count). The van der Waals surface area contributed by atoms with Gasteiger partial charge in [0.25, 0.3) is 5.91 Å². The third-order valence-electron chi connectivity index (χ3n) is 3.77. The number of hydrogen-bond acceptors (Lipinski definition) is 2. The summed E-state index contributed by atoms with van der Waals surface area (Å²) in [5, 5.41) is 9.06. The maximum Gasteiger partial charge on any atom is 0.335 e. The number of nitrogens with zero attached hydrogens (tertiary/aromatic N) is 1. The van der Waals surface area contributed by atoms with Crippen LogP contribution in [0.2, 0.25) is 0 Å². The van der Waals surface area contributed by atoms with Crippen LogP contribution in [0.3, 0.4) is 0 Å². The topological polar surface area (TPSA) is 57.6 Å². The van der Waals surface area contributed by atoms with Gasteiger partial charge in [0.2, 0.25) is 0 Å². The highest BCUT2D eigenvalue weighted by molar-refractivity contribution is 5.94. The molecule has 0 atom stereocenters. The van der Waals surface area contributed by atoms with E-state index >= 15 is 0 Å². The van der Waals surface area contributed by atoms with Crippen LogP contribution >= 0.6 is 0 Å². The van der Waals surface area contributed by atoms with Crippen molar-refractivity contribution in [2.75, 3.05) is 6.54 Å². The van der Waals surface area contributed by atoms with Crippen LogP contribution in [0.4, 0.5) is 0 Å². The number of fused-ring (bicyclic) bond motifs is 1. The van der Waals surface area contributed by atoms with E-state index in [0.717, 1.165) is 17.5 Å². The lowest BCUT2D eigenvalue weighted by atomic mass is 9.97. The number of aromatic carboxylic acids is 1. The van der Waals surface area contributed by atoms with Gasteiger partial charge in [-0.3, -0.25) is 4.79 Å². The van der Waals surface area contributed by atoms with E-state index in [0.29, 0.717) is 18.7 Å². The zero-order chi connectivity index (χ0) is 14.8. The highest BCUT2D eigenvalue weighted by Crippen LogP contribution is 2.22. The second-order valence-corrected chi connectivity index (χ2v) is 5.13. The van der Waals surface area contributed by atoms with Gasteiger partial charge in [0.05, 0.1) is 5.56 Å². The normalized spacial score (nSPS) is 13.6. The first kappa shape index (κ1) is 13.4. The smallest absolute Gasteiger partial charge is 0.335 e. The van der Waals surface area contributed by atoms with Crippen LogP contribution in [0.25, 0.3) is 0 Å².